The van der Waals surface area contributed by atoms with Gasteiger partial charge in [-0.3, -0.25) is 9.69 Å². The standard InChI is InChI=1S/C21H34N2O3/c1-16(2)13-23(21(25)17(3)24)14-18-9-11-22(12-10-18)15-19-7-5-6-8-20(19)26-4/h5-8,16-18,24H,9-15H2,1-4H3/t17-/m1/s1. The molecule has 1 fully saturated rings. The van der Waals surface area contributed by atoms with Gasteiger partial charge in [-0.2, -0.15) is 0 Å². The molecule has 1 atom stereocenters. The molecule has 1 heterocycles. The quantitative estimate of drug-likeness (QED) is 0.773. The first-order chi connectivity index (χ1) is 12.4. The molecule has 0 radical (unpaired) electrons. The van der Waals surface area contributed by atoms with Crippen LogP contribution in [0.25, 0.3) is 0 Å². The molecule has 0 spiro atoms. The fourth-order valence-corrected chi connectivity index (χ4v) is 3.67. The third kappa shape index (κ3) is 5.99. The summed E-state index contributed by atoms with van der Waals surface area (Å²) in [5.74, 6) is 1.71. The van der Waals surface area contributed by atoms with E-state index in [9.17, 15) is 9.90 Å². The Morgan fingerprint density at radius 1 is 1.27 bits per heavy atom. The van der Waals surface area contributed by atoms with Crippen molar-refractivity contribution in [1.29, 1.82) is 0 Å². The second kappa shape index (κ2) is 9.93. The number of hydrogen-bond acceptors (Lipinski definition) is 4. The van der Waals surface area contributed by atoms with Gasteiger partial charge in [-0.05, 0) is 50.8 Å². The molecule has 1 aromatic rings. The summed E-state index contributed by atoms with van der Waals surface area (Å²) in [7, 11) is 1.72. The lowest BCUT2D eigenvalue weighted by Crippen LogP contribution is -2.45. The Morgan fingerprint density at radius 2 is 1.92 bits per heavy atom. The lowest BCUT2D eigenvalue weighted by atomic mass is 9.95. The Bertz CT molecular complexity index is 566. The van der Waals surface area contributed by atoms with Crippen LogP contribution < -0.4 is 4.74 Å². The number of ether oxygens (including phenoxy) is 1. The Labute approximate surface area is 157 Å². The van der Waals surface area contributed by atoms with Crippen LogP contribution >= 0.6 is 0 Å². The van der Waals surface area contributed by atoms with Crippen LogP contribution in [0, 0.1) is 11.8 Å². The monoisotopic (exact) mass is 362 g/mol. The predicted octanol–water partition coefficient (Wildman–Crippen LogP) is 2.77. The minimum atomic E-state index is -0.917. The summed E-state index contributed by atoms with van der Waals surface area (Å²) in [5, 5.41) is 9.68. The van der Waals surface area contributed by atoms with Crippen molar-refractivity contribution in [1.82, 2.24) is 9.80 Å². The van der Waals surface area contributed by atoms with Crippen molar-refractivity contribution in [2.75, 3.05) is 33.3 Å². The molecule has 26 heavy (non-hydrogen) atoms. The van der Waals surface area contributed by atoms with Crippen molar-refractivity contribution in [2.24, 2.45) is 11.8 Å². The Morgan fingerprint density at radius 3 is 2.50 bits per heavy atom. The molecular formula is C21H34N2O3. The summed E-state index contributed by atoms with van der Waals surface area (Å²) in [4.78, 5) is 16.6. The van der Waals surface area contributed by atoms with E-state index in [1.807, 2.05) is 17.0 Å². The fraction of sp³-hybridized carbons (Fsp3) is 0.667. The zero-order chi connectivity index (χ0) is 19.1. The van der Waals surface area contributed by atoms with Crippen molar-refractivity contribution in [3.8, 4) is 5.75 Å². The number of para-hydroxylation sites is 1. The highest BCUT2D eigenvalue weighted by atomic mass is 16.5. The van der Waals surface area contributed by atoms with Gasteiger partial charge >= 0.3 is 0 Å². The number of piperidine rings is 1. The highest BCUT2D eigenvalue weighted by Gasteiger charge is 2.26. The summed E-state index contributed by atoms with van der Waals surface area (Å²) in [5.41, 5.74) is 1.22. The average Bonchev–Trinajstić information content (AvgIpc) is 2.62. The van der Waals surface area contributed by atoms with Crippen LogP contribution in [-0.2, 0) is 11.3 Å². The molecule has 0 unspecified atom stereocenters. The number of nitrogens with zero attached hydrogens (tertiary/aromatic N) is 2. The molecule has 1 aliphatic rings. The third-order valence-electron chi connectivity index (χ3n) is 5.03. The molecule has 1 N–H and O–H groups in total. The number of amides is 1. The van der Waals surface area contributed by atoms with Gasteiger partial charge in [0.2, 0.25) is 0 Å². The van der Waals surface area contributed by atoms with Gasteiger partial charge in [0.15, 0.2) is 0 Å². The summed E-state index contributed by atoms with van der Waals surface area (Å²) >= 11 is 0. The number of benzene rings is 1. The van der Waals surface area contributed by atoms with Crippen LogP contribution in [0.5, 0.6) is 5.75 Å². The van der Waals surface area contributed by atoms with E-state index in [1.165, 1.54) is 5.56 Å². The lowest BCUT2D eigenvalue weighted by Gasteiger charge is -2.36. The number of methoxy groups -OCH3 is 1. The van der Waals surface area contributed by atoms with E-state index < -0.39 is 6.10 Å². The molecule has 1 saturated heterocycles. The molecule has 1 amide bonds. The fourth-order valence-electron chi connectivity index (χ4n) is 3.67. The molecule has 2 rings (SSSR count). The van der Waals surface area contributed by atoms with Crippen molar-refractivity contribution in [3.05, 3.63) is 29.8 Å². The lowest BCUT2D eigenvalue weighted by molar-refractivity contribution is -0.140. The van der Waals surface area contributed by atoms with Crippen LogP contribution in [0.3, 0.4) is 0 Å². The highest BCUT2D eigenvalue weighted by molar-refractivity contribution is 5.80. The second-order valence-electron chi connectivity index (χ2n) is 7.84. The van der Waals surface area contributed by atoms with Crippen LogP contribution in [0.2, 0.25) is 0 Å². The molecule has 1 aliphatic heterocycles. The van der Waals surface area contributed by atoms with E-state index in [0.29, 0.717) is 18.4 Å². The van der Waals surface area contributed by atoms with E-state index in [1.54, 1.807) is 14.0 Å². The highest BCUT2D eigenvalue weighted by Crippen LogP contribution is 2.24. The first-order valence-corrected chi connectivity index (χ1v) is 9.71. The second-order valence-corrected chi connectivity index (χ2v) is 7.84. The predicted molar refractivity (Wildman–Crippen MR) is 104 cm³/mol. The molecular weight excluding hydrogens is 328 g/mol. The third-order valence-corrected chi connectivity index (χ3v) is 5.03. The minimum absolute atomic E-state index is 0.143. The Balaban J connectivity index is 1.87. The van der Waals surface area contributed by atoms with Crippen molar-refractivity contribution < 1.29 is 14.6 Å². The zero-order valence-corrected chi connectivity index (χ0v) is 16.6. The largest absolute Gasteiger partial charge is 0.496 e. The topological polar surface area (TPSA) is 53.0 Å². The minimum Gasteiger partial charge on any atom is -0.496 e. The van der Waals surface area contributed by atoms with Gasteiger partial charge in [0.05, 0.1) is 7.11 Å². The molecule has 0 aliphatic carbocycles. The number of carbonyl (C=O) groups is 1. The smallest absolute Gasteiger partial charge is 0.251 e. The van der Waals surface area contributed by atoms with Crippen molar-refractivity contribution in [2.45, 2.75) is 46.3 Å². The van der Waals surface area contributed by atoms with Gasteiger partial charge in [0, 0.05) is 25.2 Å². The van der Waals surface area contributed by atoms with E-state index >= 15 is 0 Å². The maximum Gasteiger partial charge on any atom is 0.251 e. The summed E-state index contributed by atoms with van der Waals surface area (Å²) in [6.07, 6.45) is 1.24. The van der Waals surface area contributed by atoms with Crippen LogP contribution in [0.4, 0.5) is 0 Å². The van der Waals surface area contributed by atoms with Gasteiger partial charge in [-0.15, -0.1) is 0 Å². The van der Waals surface area contributed by atoms with E-state index in [2.05, 4.69) is 30.9 Å². The van der Waals surface area contributed by atoms with Crippen molar-refractivity contribution >= 4 is 5.91 Å². The maximum atomic E-state index is 12.3. The van der Waals surface area contributed by atoms with Gasteiger partial charge in [0.1, 0.15) is 11.9 Å². The molecule has 5 nitrogen and oxygen atoms in total. The molecule has 1 aromatic carbocycles. The summed E-state index contributed by atoms with van der Waals surface area (Å²) < 4.78 is 5.45. The maximum absolute atomic E-state index is 12.3. The van der Waals surface area contributed by atoms with Crippen molar-refractivity contribution in [3.63, 3.8) is 0 Å². The number of carbonyl (C=O) groups excluding carboxylic acids is 1. The molecule has 0 aromatic heterocycles. The number of aliphatic hydroxyl groups is 1. The molecule has 0 saturated carbocycles. The molecule has 0 bridgehead atoms. The van der Waals surface area contributed by atoms with Gasteiger partial charge in [-0.25, -0.2) is 0 Å². The number of rotatable bonds is 8. The van der Waals surface area contributed by atoms with Gasteiger partial charge in [-0.1, -0.05) is 32.0 Å². The van der Waals surface area contributed by atoms with E-state index in [0.717, 1.165) is 44.8 Å². The zero-order valence-electron chi connectivity index (χ0n) is 16.6. The van der Waals surface area contributed by atoms with Gasteiger partial charge in [0.25, 0.3) is 5.91 Å². The van der Waals surface area contributed by atoms with E-state index in [4.69, 9.17) is 4.74 Å². The van der Waals surface area contributed by atoms with E-state index in [-0.39, 0.29) is 5.91 Å². The Hall–Kier alpha value is -1.59. The normalized spacial score (nSPS) is 17.3. The van der Waals surface area contributed by atoms with Gasteiger partial charge < -0.3 is 14.7 Å². The number of hydrogen-bond donors (Lipinski definition) is 1. The van der Waals surface area contributed by atoms with Crippen LogP contribution in [-0.4, -0.2) is 60.2 Å². The molecule has 146 valence electrons. The average molecular weight is 363 g/mol. The van der Waals surface area contributed by atoms with Crippen LogP contribution in [0.15, 0.2) is 24.3 Å². The molecule has 5 heteroatoms. The van der Waals surface area contributed by atoms with Crippen LogP contribution in [0.1, 0.15) is 39.2 Å². The first-order valence-electron chi connectivity index (χ1n) is 9.71. The summed E-state index contributed by atoms with van der Waals surface area (Å²) in [6, 6.07) is 8.18. The number of likely N-dealkylation sites (tertiary alicyclic amines) is 1. The first kappa shape index (κ1) is 20.7. The Kier molecular flexibility index (Phi) is 7.91. The summed E-state index contributed by atoms with van der Waals surface area (Å²) in [6.45, 7) is 10.2. The number of aliphatic hydroxyl groups excluding tert-OH is 1. The SMILES string of the molecule is COc1ccccc1CN1CCC(CN(CC(C)C)C(=O)[C@@H](C)O)CC1.